The lowest BCUT2D eigenvalue weighted by Gasteiger charge is -2.32. The highest BCUT2D eigenvalue weighted by Crippen LogP contribution is 2.43. The number of hydrogen-bond acceptors (Lipinski definition) is 4. The smallest absolute Gasteiger partial charge is 0.341 e. The van der Waals surface area contributed by atoms with Crippen LogP contribution in [0.5, 0.6) is 5.75 Å². The molecule has 2 atom stereocenters. The van der Waals surface area contributed by atoms with E-state index in [0.29, 0.717) is 36.7 Å². The average Bonchev–Trinajstić information content (AvgIpc) is 3.17. The molecule has 2 aliphatic rings. The Kier molecular flexibility index (Phi) is 6.23. The molecule has 164 valence electrons. The van der Waals surface area contributed by atoms with Gasteiger partial charge in [0.1, 0.15) is 11.6 Å². The second kappa shape index (κ2) is 9.06. The van der Waals surface area contributed by atoms with Crippen molar-refractivity contribution in [2.75, 3.05) is 40.3 Å². The van der Waals surface area contributed by atoms with Gasteiger partial charge in [-0.25, -0.2) is 14.2 Å². The number of ether oxygens (including phenoxy) is 1. The monoisotopic (exact) mass is 424 g/mol. The van der Waals surface area contributed by atoms with Gasteiger partial charge >= 0.3 is 6.03 Å². The van der Waals surface area contributed by atoms with Crippen molar-refractivity contribution in [3.63, 3.8) is 0 Å². The van der Waals surface area contributed by atoms with Gasteiger partial charge in [-0.05, 0) is 57.7 Å². The van der Waals surface area contributed by atoms with Crippen LogP contribution in [0.2, 0.25) is 0 Å². The maximum atomic E-state index is 14.0. The van der Waals surface area contributed by atoms with E-state index in [9.17, 15) is 9.18 Å². The van der Waals surface area contributed by atoms with Gasteiger partial charge in [0, 0.05) is 18.7 Å². The molecule has 0 radical (unpaired) electrons. The highest BCUT2D eigenvalue weighted by atomic mass is 19.1. The van der Waals surface area contributed by atoms with Crippen LogP contribution in [-0.4, -0.2) is 66.9 Å². The lowest BCUT2D eigenvalue weighted by atomic mass is 9.86. The van der Waals surface area contributed by atoms with Crippen LogP contribution in [0, 0.1) is 11.7 Å². The molecule has 0 aromatic heterocycles. The third kappa shape index (κ3) is 4.28. The molecule has 2 heterocycles. The lowest BCUT2D eigenvalue weighted by molar-refractivity contribution is 0.126. The Morgan fingerprint density at radius 3 is 2.68 bits per heavy atom. The van der Waals surface area contributed by atoms with E-state index in [2.05, 4.69) is 4.90 Å². The Labute approximate surface area is 182 Å². The third-order valence-corrected chi connectivity index (χ3v) is 5.87. The molecular formula is C24H29FN4O2. The van der Waals surface area contributed by atoms with Crippen LogP contribution in [0.1, 0.15) is 30.5 Å². The van der Waals surface area contributed by atoms with Crippen molar-refractivity contribution in [2.24, 2.45) is 11.0 Å². The molecule has 6 nitrogen and oxygen atoms in total. The molecule has 31 heavy (non-hydrogen) atoms. The minimum absolute atomic E-state index is 0.130. The van der Waals surface area contributed by atoms with Gasteiger partial charge in [0.2, 0.25) is 0 Å². The largest absolute Gasteiger partial charge is 0.492 e. The van der Waals surface area contributed by atoms with Crippen LogP contribution >= 0.6 is 0 Å². The first-order chi connectivity index (χ1) is 15.0. The molecule has 0 N–H and O–H groups in total. The van der Waals surface area contributed by atoms with E-state index in [4.69, 9.17) is 9.84 Å². The zero-order valence-electron chi connectivity index (χ0n) is 18.3. The number of nitrogens with zero attached hydrogens (tertiary/aromatic N) is 4. The van der Waals surface area contributed by atoms with Crippen molar-refractivity contribution < 1.29 is 13.9 Å². The predicted octanol–water partition coefficient (Wildman–Crippen LogP) is 3.99. The number of benzene rings is 2. The number of rotatable bonds is 6. The summed E-state index contributed by atoms with van der Waals surface area (Å²) in [6.07, 6.45) is 0.883. The molecule has 2 aromatic rings. The van der Waals surface area contributed by atoms with Crippen LogP contribution in [0.15, 0.2) is 53.6 Å². The minimum Gasteiger partial charge on any atom is -0.492 e. The third-order valence-electron chi connectivity index (χ3n) is 5.87. The zero-order chi connectivity index (χ0) is 22.0. The molecule has 0 unspecified atom stereocenters. The fourth-order valence-electron chi connectivity index (χ4n) is 4.30. The topological polar surface area (TPSA) is 48.4 Å². The van der Waals surface area contributed by atoms with Gasteiger partial charge in [-0.15, -0.1) is 0 Å². The number of halogens is 1. The summed E-state index contributed by atoms with van der Waals surface area (Å²) in [5.74, 6) is 0.114. The van der Waals surface area contributed by atoms with Crippen molar-refractivity contribution in [3.8, 4) is 5.75 Å². The van der Waals surface area contributed by atoms with Crippen molar-refractivity contribution in [1.82, 2.24) is 14.8 Å². The number of urea groups is 1. The van der Waals surface area contributed by atoms with E-state index in [-0.39, 0.29) is 23.8 Å². The van der Waals surface area contributed by atoms with Gasteiger partial charge in [-0.2, -0.15) is 5.10 Å². The average molecular weight is 425 g/mol. The van der Waals surface area contributed by atoms with E-state index in [1.54, 1.807) is 11.1 Å². The Morgan fingerprint density at radius 1 is 1.19 bits per heavy atom. The molecular weight excluding hydrogens is 395 g/mol. The fourth-order valence-corrected chi connectivity index (χ4v) is 4.30. The summed E-state index contributed by atoms with van der Waals surface area (Å²) in [4.78, 5) is 17.5. The van der Waals surface area contributed by atoms with Gasteiger partial charge in [0.25, 0.3) is 0 Å². The Hall–Kier alpha value is -2.93. The standard InChI is InChI=1S/C24H29FN4O2/c1-4-28(14-8-13-27(2)3)24(30)29-23(17-9-6-5-7-10-17)20-16-31-21-12-11-18(25)15-19(21)22(20)26-29/h5-7,9-12,15,20,23H,4,8,13-14,16H2,1-3H3/t20-,23-/m1/s1. The van der Waals surface area contributed by atoms with E-state index in [1.165, 1.54) is 12.1 Å². The number of carbonyl (C=O) groups is 1. The quantitative estimate of drug-likeness (QED) is 0.705. The zero-order valence-corrected chi connectivity index (χ0v) is 18.3. The Bertz CT molecular complexity index is 963. The molecule has 2 amide bonds. The van der Waals surface area contributed by atoms with Crippen LogP contribution in [-0.2, 0) is 0 Å². The predicted molar refractivity (Wildman–Crippen MR) is 119 cm³/mol. The highest BCUT2D eigenvalue weighted by Gasteiger charge is 2.46. The van der Waals surface area contributed by atoms with Crippen LogP contribution in [0.3, 0.4) is 0 Å². The molecule has 0 spiro atoms. The van der Waals surface area contributed by atoms with E-state index in [0.717, 1.165) is 18.5 Å². The summed E-state index contributed by atoms with van der Waals surface area (Å²) in [5, 5.41) is 6.35. The van der Waals surface area contributed by atoms with Crippen LogP contribution in [0.25, 0.3) is 0 Å². The minimum atomic E-state index is -0.342. The number of hydrazone groups is 1. The summed E-state index contributed by atoms with van der Waals surface area (Å²) >= 11 is 0. The molecule has 0 aliphatic carbocycles. The molecule has 0 fully saturated rings. The first kappa shape index (κ1) is 21.3. The molecule has 7 heteroatoms. The van der Waals surface area contributed by atoms with Crippen molar-refractivity contribution in [1.29, 1.82) is 0 Å². The van der Waals surface area contributed by atoms with Gasteiger partial charge in [-0.1, -0.05) is 30.3 Å². The van der Waals surface area contributed by atoms with Crippen molar-refractivity contribution in [2.45, 2.75) is 19.4 Å². The van der Waals surface area contributed by atoms with Crippen molar-refractivity contribution in [3.05, 3.63) is 65.5 Å². The number of amides is 2. The maximum absolute atomic E-state index is 14.0. The normalized spacial score (nSPS) is 19.5. The summed E-state index contributed by atoms with van der Waals surface area (Å²) in [5.41, 5.74) is 2.34. The van der Waals surface area contributed by atoms with E-state index >= 15 is 0 Å². The van der Waals surface area contributed by atoms with Gasteiger partial charge in [0.05, 0.1) is 24.3 Å². The molecule has 0 bridgehead atoms. The summed E-state index contributed by atoms with van der Waals surface area (Å²) < 4.78 is 20.0. The Balaban J connectivity index is 1.69. The fraction of sp³-hybridized carbons (Fsp3) is 0.417. The first-order valence-corrected chi connectivity index (χ1v) is 10.8. The Morgan fingerprint density at radius 2 is 1.97 bits per heavy atom. The highest BCUT2D eigenvalue weighted by molar-refractivity contribution is 6.07. The SMILES string of the molecule is CCN(CCCN(C)C)C(=O)N1N=C2c3cc(F)ccc3OC[C@H]2[C@H]1c1ccccc1. The molecule has 4 rings (SSSR count). The number of carbonyl (C=O) groups excluding carboxylic acids is 1. The molecule has 0 saturated carbocycles. The summed E-state index contributed by atoms with van der Waals surface area (Å²) in [6.45, 7) is 4.54. The second-order valence-corrected chi connectivity index (χ2v) is 8.26. The molecule has 0 saturated heterocycles. The number of hydrogen-bond donors (Lipinski definition) is 0. The number of fused-ring (bicyclic) bond motifs is 3. The van der Waals surface area contributed by atoms with E-state index in [1.807, 2.05) is 56.3 Å². The van der Waals surface area contributed by atoms with Crippen LogP contribution in [0.4, 0.5) is 9.18 Å². The maximum Gasteiger partial charge on any atom is 0.341 e. The molecule has 2 aliphatic heterocycles. The lowest BCUT2D eigenvalue weighted by Crippen LogP contribution is -2.43. The molecule has 2 aromatic carbocycles. The second-order valence-electron chi connectivity index (χ2n) is 8.26. The van der Waals surface area contributed by atoms with Gasteiger partial charge in [-0.3, -0.25) is 0 Å². The van der Waals surface area contributed by atoms with E-state index < -0.39 is 0 Å². The summed E-state index contributed by atoms with van der Waals surface area (Å²) in [6, 6.07) is 13.9. The summed E-state index contributed by atoms with van der Waals surface area (Å²) in [7, 11) is 4.05. The van der Waals surface area contributed by atoms with Crippen LogP contribution < -0.4 is 4.74 Å². The van der Waals surface area contributed by atoms with Gasteiger partial charge in [0.15, 0.2) is 0 Å². The first-order valence-electron chi connectivity index (χ1n) is 10.8. The van der Waals surface area contributed by atoms with Crippen molar-refractivity contribution >= 4 is 11.7 Å². The van der Waals surface area contributed by atoms with Gasteiger partial charge < -0.3 is 14.5 Å².